The van der Waals surface area contributed by atoms with Gasteiger partial charge in [0.05, 0.1) is 10.9 Å². The molecule has 0 N–H and O–H groups in total. The third-order valence-electron chi connectivity index (χ3n) is 2.80. The van der Waals surface area contributed by atoms with Crippen LogP contribution in [0.25, 0.3) is 0 Å². The highest BCUT2D eigenvalue weighted by Crippen LogP contribution is 2.26. The van der Waals surface area contributed by atoms with Crippen molar-refractivity contribution >= 4 is 23.2 Å². The lowest BCUT2D eigenvalue weighted by Crippen LogP contribution is -2.00. The number of hydrogen-bond donors (Lipinski definition) is 0. The van der Waals surface area contributed by atoms with Crippen LogP contribution in [0, 0.1) is 12.7 Å². The molecule has 0 atom stereocenters. The van der Waals surface area contributed by atoms with Gasteiger partial charge in [0.15, 0.2) is 0 Å². The summed E-state index contributed by atoms with van der Waals surface area (Å²) in [5.41, 5.74) is 2.66. The third kappa shape index (κ3) is 3.40. The maximum atomic E-state index is 13.3. The van der Waals surface area contributed by atoms with E-state index in [9.17, 15) is 4.39 Å². The van der Waals surface area contributed by atoms with E-state index in [-0.39, 0.29) is 11.6 Å². The molecule has 1 nitrogen and oxygen atoms in total. The molecule has 2 aromatic carbocycles. The van der Waals surface area contributed by atoms with Crippen molar-refractivity contribution in [3.8, 4) is 5.75 Å². The molecule has 19 heavy (non-hydrogen) atoms. The fourth-order valence-electron chi connectivity index (χ4n) is 1.81. The zero-order valence-corrected chi connectivity index (χ0v) is 11.9. The van der Waals surface area contributed by atoms with E-state index >= 15 is 0 Å². The van der Waals surface area contributed by atoms with Gasteiger partial charge < -0.3 is 4.74 Å². The summed E-state index contributed by atoms with van der Waals surface area (Å²) >= 11 is 11.5. The van der Waals surface area contributed by atoms with E-state index in [0.717, 1.165) is 22.4 Å². The SMILES string of the molecule is Cc1cccc(CCl)c1OCc1ccc(Cl)c(F)c1. The zero-order chi connectivity index (χ0) is 13.8. The number of hydrogen-bond acceptors (Lipinski definition) is 1. The van der Waals surface area contributed by atoms with E-state index in [1.165, 1.54) is 12.1 Å². The van der Waals surface area contributed by atoms with Crippen molar-refractivity contribution in [2.45, 2.75) is 19.4 Å². The molecule has 0 unspecified atom stereocenters. The maximum Gasteiger partial charge on any atom is 0.142 e. The second-order valence-corrected chi connectivity index (χ2v) is 4.91. The molecule has 2 aromatic rings. The second-order valence-electron chi connectivity index (χ2n) is 4.23. The zero-order valence-electron chi connectivity index (χ0n) is 10.4. The summed E-state index contributed by atoms with van der Waals surface area (Å²) in [7, 11) is 0. The third-order valence-corrected chi connectivity index (χ3v) is 3.40. The molecule has 0 heterocycles. The van der Waals surface area contributed by atoms with Crippen LogP contribution in [0.2, 0.25) is 5.02 Å². The van der Waals surface area contributed by atoms with Crippen LogP contribution in [0.4, 0.5) is 4.39 Å². The van der Waals surface area contributed by atoms with Crippen molar-refractivity contribution in [1.29, 1.82) is 0 Å². The van der Waals surface area contributed by atoms with Crippen LogP contribution in [0.1, 0.15) is 16.7 Å². The topological polar surface area (TPSA) is 9.23 Å². The molecule has 0 aliphatic carbocycles. The van der Waals surface area contributed by atoms with E-state index < -0.39 is 5.82 Å². The predicted octanol–water partition coefficient (Wildman–Crippen LogP) is 5.11. The predicted molar refractivity (Wildman–Crippen MR) is 76.5 cm³/mol. The highest BCUT2D eigenvalue weighted by Gasteiger charge is 2.07. The van der Waals surface area contributed by atoms with Gasteiger partial charge in [-0.3, -0.25) is 0 Å². The Morgan fingerprint density at radius 2 is 2.00 bits per heavy atom. The number of rotatable bonds is 4. The minimum atomic E-state index is -0.440. The molecule has 0 radical (unpaired) electrons. The summed E-state index contributed by atoms with van der Waals surface area (Å²) in [5, 5.41) is 0.112. The van der Waals surface area contributed by atoms with Gasteiger partial charge in [-0.05, 0) is 30.2 Å². The first-order valence-electron chi connectivity index (χ1n) is 5.83. The van der Waals surface area contributed by atoms with Crippen molar-refractivity contribution in [3.05, 3.63) is 63.9 Å². The Morgan fingerprint density at radius 1 is 1.21 bits per heavy atom. The average Bonchev–Trinajstić information content (AvgIpc) is 2.41. The summed E-state index contributed by atoms with van der Waals surface area (Å²) in [4.78, 5) is 0. The second kappa shape index (κ2) is 6.27. The highest BCUT2D eigenvalue weighted by atomic mass is 35.5. The van der Waals surface area contributed by atoms with Crippen LogP contribution in [0.15, 0.2) is 36.4 Å². The van der Waals surface area contributed by atoms with Gasteiger partial charge in [0.1, 0.15) is 18.2 Å². The Morgan fingerprint density at radius 3 is 2.68 bits per heavy atom. The van der Waals surface area contributed by atoms with Crippen molar-refractivity contribution in [2.75, 3.05) is 0 Å². The van der Waals surface area contributed by atoms with E-state index in [4.69, 9.17) is 27.9 Å². The van der Waals surface area contributed by atoms with Gasteiger partial charge in [0.25, 0.3) is 0 Å². The number of alkyl halides is 1. The lowest BCUT2D eigenvalue weighted by atomic mass is 10.1. The van der Waals surface area contributed by atoms with Gasteiger partial charge in [-0.2, -0.15) is 0 Å². The molecule has 0 saturated heterocycles. The molecule has 0 spiro atoms. The molecule has 2 rings (SSSR count). The van der Waals surface area contributed by atoms with Crippen LogP contribution in [-0.2, 0) is 12.5 Å². The van der Waals surface area contributed by atoms with Gasteiger partial charge in [-0.1, -0.05) is 35.9 Å². The van der Waals surface area contributed by atoms with Crippen LogP contribution in [-0.4, -0.2) is 0 Å². The Balaban J connectivity index is 2.16. The van der Waals surface area contributed by atoms with Crippen LogP contribution in [0.5, 0.6) is 5.75 Å². The Labute approximate surface area is 121 Å². The molecule has 0 aliphatic heterocycles. The van der Waals surface area contributed by atoms with Gasteiger partial charge >= 0.3 is 0 Å². The smallest absolute Gasteiger partial charge is 0.142 e. The molecule has 0 bridgehead atoms. The van der Waals surface area contributed by atoms with Crippen LogP contribution in [0.3, 0.4) is 0 Å². The minimum absolute atomic E-state index is 0.112. The molecule has 0 saturated carbocycles. The molecular formula is C15H13Cl2FO. The molecule has 100 valence electrons. The standard InChI is InChI=1S/C15H13Cl2FO/c1-10-3-2-4-12(8-16)15(10)19-9-11-5-6-13(17)14(18)7-11/h2-7H,8-9H2,1H3. The molecule has 0 aliphatic rings. The van der Waals surface area contributed by atoms with Crippen molar-refractivity contribution in [2.24, 2.45) is 0 Å². The Hall–Kier alpha value is -1.25. The van der Waals surface area contributed by atoms with Crippen LogP contribution < -0.4 is 4.74 Å². The Bertz CT molecular complexity index is 584. The fraction of sp³-hybridized carbons (Fsp3) is 0.200. The summed E-state index contributed by atoms with van der Waals surface area (Å²) in [6, 6.07) is 10.4. The summed E-state index contributed by atoms with van der Waals surface area (Å²) in [6.45, 7) is 2.23. The molecular weight excluding hydrogens is 286 g/mol. The number of halogens is 3. The monoisotopic (exact) mass is 298 g/mol. The highest BCUT2D eigenvalue weighted by molar-refractivity contribution is 6.30. The average molecular weight is 299 g/mol. The van der Waals surface area contributed by atoms with Gasteiger partial charge in [-0.25, -0.2) is 4.39 Å². The van der Waals surface area contributed by atoms with Gasteiger partial charge in [0.2, 0.25) is 0 Å². The molecule has 0 amide bonds. The van der Waals surface area contributed by atoms with E-state index in [0.29, 0.717) is 5.88 Å². The quantitative estimate of drug-likeness (QED) is 0.713. The van der Waals surface area contributed by atoms with E-state index in [1.807, 2.05) is 25.1 Å². The first kappa shape index (κ1) is 14.2. The molecule has 4 heteroatoms. The van der Waals surface area contributed by atoms with Crippen LogP contribution >= 0.6 is 23.2 Å². The first-order chi connectivity index (χ1) is 9.11. The van der Waals surface area contributed by atoms with Crippen molar-refractivity contribution < 1.29 is 9.13 Å². The molecule has 0 fully saturated rings. The van der Waals surface area contributed by atoms with E-state index in [2.05, 4.69) is 0 Å². The maximum absolute atomic E-state index is 13.3. The lowest BCUT2D eigenvalue weighted by molar-refractivity contribution is 0.301. The number of aryl methyl sites for hydroxylation is 1. The summed E-state index contributed by atoms with van der Waals surface area (Å²) in [6.07, 6.45) is 0. The first-order valence-corrected chi connectivity index (χ1v) is 6.74. The lowest BCUT2D eigenvalue weighted by Gasteiger charge is -2.13. The summed E-state index contributed by atoms with van der Waals surface area (Å²) < 4.78 is 19.1. The van der Waals surface area contributed by atoms with Gasteiger partial charge in [-0.15, -0.1) is 11.6 Å². The minimum Gasteiger partial charge on any atom is -0.488 e. The fourth-order valence-corrected chi connectivity index (χ4v) is 2.14. The Kier molecular flexibility index (Phi) is 4.67. The number of para-hydroxylation sites is 1. The van der Waals surface area contributed by atoms with E-state index in [1.54, 1.807) is 6.07 Å². The largest absolute Gasteiger partial charge is 0.488 e. The number of ether oxygens (including phenoxy) is 1. The van der Waals surface area contributed by atoms with Crippen molar-refractivity contribution in [1.82, 2.24) is 0 Å². The van der Waals surface area contributed by atoms with Gasteiger partial charge in [0, 0.05) is 5.56 Å². The summed E-state index contributed by atoms with van der Waals surface area (Å²) in [5.74, 6) is 0.699. The molecule has 0 aromatic heterocycles. The van der Waals surface area contributed by atoms with Crippen molar-refractivity contribution in [3.63, 3.8) is 0 Å². The normalized spacial score (nSPS) is 10.5. The number of benzene rings is 2.